The maximum atomic E-state index is 12.9. The quantitative estimate of drug-likeness (QED) is 0.0261. The van der Waals surface area contributed by atoms with Crippen LogP contribution in [-0.4, -0.2) is 37.2 Å². The first-order chi connectivity index (χ1) is 41.0. The van der Waals surface area contributed by atoms with Crippen LogP contribution >= 0.6 is 0 Å². The van der Waals surface area contributed by atoms with Crippen molar-refractivity contribution in [1.82, 2.24) is 0 Å². The van der Waals surface area contributed by atoms with Crippen LogP contribution < -0.4 is 0 Å². The Hall–Kier alpha value is -3.93. The number of carbonyl (C=O) groups excluding carboxylic acids is 3. The predicted molar refractivity (Wildman–Crippen MR) is 362 cm³/mol. The average Bonchev–Trinajstić information content (AvgIpc) is 3.48. The van der Waals surface area contributed by atoms with Gasteiger partial charge < -0.3 is 14.2 Å². The van der Waals surface area contributed by atoms with Crippen LogP contribution in [0.1, 0.15) is 342 Å². The molecule has 0 rings (SSSR count). The molecule has 0 aliphatic heterocycles. The first-order valence-corrected chi connectivity index (χ1v) is 35.4. The van der Waals surface area contributed by atoms with Crippen LogP contribution in [0.3, 0.4) is 0 Å². The maximum Gasteiger partial charge on any atom is 0.306 e. The van der Waals surface area contributed by atoms with E-state index in [-0.39, 0.29) is 31.1 Å². The second-order valence-corrected chi connectivity index (χ2v) is 23.4. The molecule has 6 heteroatoms. The fourth-order valence-electron chi connectivity index (χ4n) is 10.0. The lowest BCUT2D eigenvalue weighted by molar-refractivity contribution is -0.167. The van der Waals surface area contributed by atoms with Crippen molar-refractivity contribution < 1.29 is 28.6 Å². The van der Waals surface area contributed by atoms with Crippen molar-refractivity contribution >= 4 is 17.9 Å². The largest absolute Gasteiger partial charge is 0.462 e. The highest BCUT2D eigenvalue weighted by atomic mass is 16.6. The van der Waals surface area contributed by atoms with Gasteiger partial charge in [-0.25, -0.2) is 0 Å². The van der Waals surface area contributed by atoms with Crippen molar-refractivity contribution in [1.29, 1.82) is 0 Å². The summed E-state index contributed by atoms with van der Waals surface area (Å²) in [5, 5.41) is 0. The number of hydrogen-bond acceptors (Lipinski definition) is 6. The highest BCUT2D eigenvalue weighted by molar-refractivity contribution is 5.71. The van der Waals surface area contributed by atoms with Crippen LogP contribution in [0.4, 0.5) is 0 Å². The summed E-state index contributed by atoms with van der Waals surface area (Å²) < 4.78 is 16.8. The lowest BCUT2D eigenvalue weighted by Crippen LogP contribution is -2.30. The van der Waals surface area contributed by atoms with Crippen molar-refractivity contribution in [3.63, 3.8) is 0 Å². The third-order valence-corrected chi connectivity index (χ3v) is 15.3. The first-order valence-electron chi connectivity index (χ1n) is 35.4. The van der Waals surface area contributed by atoms with Gasteiger partial charge in [0.05, 0.1) is 0 Å². The number of allylic oxidation sites excluding steroid dienone is 18. The van der Waals surface area contributed by atoms with Gasteiger partial charge >= 0.3 is 17.9 Å². The van der Waals surface area contributed by atoms with Crippen LogP contribution in [0.5, 0.6) is 0 Å². The summed E-state index contributed by atoms with van der Waals surface area (Å²) in [4.78, 5) is 38.1. The SMILES string of the molecule is CC/C=C\C/C=C\C/C=C\C/C=C\C/C=C\C/C=C\C/C=C\C/C=C\C/C=C\CCCCCCCCCC(=O)OCC(COC(=O)CCCCCCCC)OC(=O)CCCCCCCCCCCCCCCCCCCCCCCCCC. The second-order valence-electron chi connectivity index (χ2n) is 23.4. The van der Waals surface area contributed by atoms with Gasteiger partial charge in [-0.3, -0.25) is 14.4 Å². The molecule has 0 saturated carbocycles. The summed E-state index contributed by atoms with van der Waals surface area (Å²) in [6.07, 6.45) is 97.3. The summed E-state index contributed by atoms with van der Waals surface area (Å²) in [5.41, 5.74) is 0. The average molecular weight is 1150 g/mol. The van der Waals surface area contributed by atoms with E-state index in [0.29, 0.717) is 19.3 Å². The summed E-state index contributed by atoms with van der Waals surface area (Å²) in [5.74, 6) is -0.886. The Morgan fingerprint density at radius 1 is 0.253 bits per heavy atom. The Kier molecular flexibility index (Phi) is 67.2. The van der Waals surface area contributed by atoms with Gasteiger partial charge in [-0.1, -0.05) is 342 Å². The molecule has 0 fully saturated rings. The smallest absolute Gasteiger partial charge is 0.306 e. The van der Waals surface area contributed by atoms with Crippen LogP contribution in [0.25, 0.3) is 0 Å². The zero-order valence-corrected chi connectivity index (χ0v) is 54.7. The lowest BCUT2D eigenvalue weighted by atomic mass is 10.0. The molecule has 0 aliphatic carbocycles. The zero-order chi connectivity index (χ0) is 59.9. The highest BCUT2D eigenvalue weighted by Crippen LogP contribution is 2.18. The molecule has 0 radical (unpaired) electrons. The third kappa shape index (κ3) is 68.7. The van der Waals surface area contributed by atoms with Crippen molar-refractivity contribution in [2.24, 2.45) is 0 Å². The standard InChI is InChI=1S/C77H132O6/c1-4-7-10-13-16-18-20-22-24-26-28-30-32-34-35-36-37-38-39-40-41-42-43-44-46-47-49-51-53-55-57-59-61-64-67-70-76(79)82-73-74(72-81-75(78)69-66-63-15-12-9-6-3)83-77(80)71-68-65-62-60-58-56-54-52-50-48-45-33-31-29-27-25-23-21-19-17-14-11-8-5-2/h7,10,16,18,22,24,28,30,34-35,37-38,40-41,43-44,47,49,74H,4-6,8-9,11-15,17,19-21,23,25-27,29,31-33,36,39,42,45-46,48,50-73H2,1-3H3/b10-7-,18-16-,24-22-,30-28-,35-34-,38-37-,41-40-,44-43-,49-47-. The van der Waals surface area contributed by atoms with E-state index >= 15 is 0 Å². The minimum absolute atomic E-state index is 0.0783. The minimum atomic E-state index is -0.779. The highest BCUT2D eigenvalue weighted by Gasteiger charge is 2.19. The molecule has 6 nitrogen and oxygen atoms in total. The van der Waals surface area contributed by atoms with Gasteiger partial charge in [0.1, 0.15) is 13.2 Å². The van der Waals surface area contributed by atoms with Crippen molar-refractivity contribution in [3.05, 3.63) is 109 Å². The van der Waals surface area contributed by atoms with Crippen LogP contribution in [0.2, 0.25) is 0 Å². The molecule has 1 unspecified atom stereocenters. The molecule has 0 amide bonds. The molecular formula is C77H132O6. The zero-order valence-electron chi connectivity index (χ0n) is 54.7. The number of esters is 3. The molecule has 0 saturated heterocycles. The minimum Gasteiger partial charge on any atom is -0.462 e. The summed E-state index contributed by atoms with van der Waals surface area (Å²) in [6.45, 7) is 6.50. The van der Waals surface area contributed by atoms with E-state index in [9.17, 15) is 14.4 Å². The fraction of sp³-hybridized carbons (Fsp3) is 0.727. The van der Waals surface area contributed by atoms with Crippen LogP contribution in [-0.2, 0) is 28.6 Å². The number of rotatable bonds is 64. The third-order valence-electron chi connectivity index (χ3n) is 15.3. The first kappa shape index (κ1) is 79.1. The van der Waals surface area contributed by atoms with E-state index in [0.717, 1.165) is 122 Å². The van der Waals surface area contributed by atoms with Gasteiger partial charge in [0.15, 0.2) is 6.10 Å². The van der Waals surface area contributed by atoms with E-state index in [4.69, 9.17) is 14.2 Å². The molecule has 1 atom stereocenters. The molecule has 0 heterocycles. The van der Waals surface area contributed by atoms with E-state index in [1.807, 2.05) is 0 Å². The van der Waals surface area contributed by atoms with Crippen molar-refractivity contribution in [3.8, 4) is 0 Å². The molecule has 0 aromatic rings. The second kappa shape index (κ2) is 70.6. The molecule has 0 aromatic carbocycles. The Balaban J connectivity index is 4.07. The Bertz CT molecular complexity index is 1660. The Morgan fingerprint density at radius 3 is 0.735 bits per heavy atom. The lowest BCUT2D eigenvalue weighted by Gasteiger charge is -2.18. The van der Waals surface area contributed by atoms with Gasteiger partial charge in [-0.15, -0.1) is 0 Å². The van der Waals surface area contributed by atoms with Crippen LogP contribution in [0, 0.1) is 0 Å². The fourth-order valence-corrected chi connectivity index (χ4v) is 10.0. The maximum absolute atomic E-state index is 12.9. The Labute approximate surface area is 514 Å². The van der Waals surface area contributed by atoms with E-state index < -0.39 is 6.10 Å². The predicted octanol–water partition coefficient (Wildman–Crippen LogP) is 24.6. The van der Waals surface area contributed by atoms with E-state index in [1.165, 1.54) is 180 Å². The molecular weight excluding hydrogens is 1020 g/mol. The molecule has 0 bridgehead atoms. The van der Waals surface area contributed by atoms with Gasteiger partial charge in [-0.2, -0.15) is 0 Å². The van der Waals surface area contributed by atoms with Crippen LogP contribution in [0.15, 0.2) is 109 Å². The molecule has 0 aromatic heterocycles. The van der Waals surface area contributed by atoms with E-state index in [2.05, 4.69) is 130 Å². The molecule has 0 aliphatic rings. The van der Waals surface area contributed by atoms with E-state index in [1.54, 1.807) is 0 Å². The molecule has 0 spiro atoms. The molecule has 476 valence electrons. The number of ether oxygens (including phenoxy) is 3. The molecule has 83 heavy (non-hydrogen) atoms. The number of hydrogen-bond donors (Lipinski definition) is 0. The van der Waals surface area contributed by atoms with Gasteiger partial charge in [0.2, 0.25) is 0 Å². The van der Waals surface area contributed by atoms with Gasteiger partial charge in [0, 0.05) is 19.3 Å². The summed E-state index contributed by atoms with van der Waals surface area (Å²) >= 11 is 0. The summed E-state index contributed by atoms with van der Waals surface area (Å²) in [6, 6.07) is 0. The normalized spacial score (nSPS) is 12.8. The Morgan fingerprint density at radius 2 is 0.470 bits per heavy atom. The monoisotopic (exact) mass is 1150 g/mol. The topological polar surface area (TPSA) is 78.9 Å². The van der Waals surface area contributed by atoms with Gasteiger partial charge in [0.25, 0.3) is 0 Å². The number of carbonyl (C=O) groups is 3. The summed E-state index contributed by atoms with van der Waals surface area (Å²) in [7, 11) is 0. The molecule has 0 N–H and O–H groups in total. The van der Waals surface area contributed by atoms with Crippen molar-refractivity contribution in [2.45, 2.75) is 348 Å². The van der Waals surface area contributed by atoms with Gasteiger partial charge in [-0.05, 0) is 89.9 Å². The number of unbranched alkanes of at least 4 members (excludes halogenated alkanes) is 35. The van der Waals surface area contributed by atoms with Crippen molar-refractivity contribution in [2.75, 3.05) is 13.2 Å².